The topological polar surface area (TPSA) is 42.2 Å². The van der Waals surface area contributed by atoms with Crippen LogP contribution in [0.5, 0.6) is 0 Å². The highest BCUT2D eigenvalue weighted by molar-refractivity contribution is 5.81. The van der Waals surface area contributed by atoms with Gasteiger partial charge < -0.3 is 10.6 Å². The van der Waals surface area contributed by atoms with Gasteiger partial charge in [0.2, 0.25) is 0 Å². The molecular formula is C17H23N3. The Hall–Kier alpha value is -1.61. The second-order valence-electron chi connectivity index (χ2n) is 6.06. The van der Waals surface area contributed by atoms with Crippen LogP contribution in [0.15, 0.2) is 30.3 Å². The minimum atomic E-state index is 0.667. The van der Waals surface area contributed by atoms with Crippen molar-refractivity contribution in [3.8, 4) is 0 Å². The molecule has 2 unspecified atom stereocenters. The average Bonchev–Trinajstić information content (AvgIpc) is 3.13. The molecule has 20 heavy (non-hydrogen) atoms. The molecule has 0 saturated heterocycles. The lowest BCUT2D eigenvalue weighted by molar-refractivity contribution is 0.717. The van der Waals surface area contributed by atoms with Crippen LogP contribution in [0.2, 0.25) is 0 Å². The first-order chi connectivity index (χ1) is 9.69. The molecule has 2 atom stereocenters. The Morgan fingerprint density at radius 3 is 2.80 bits per heavy atom. The summed E-state index contributed by atoms with van der Waals surface area (Å²) in [5, 5.41) is 1.20. The number of pyridine rings is 1. The summed E-state index contributed by atoms with van der Waals surface area (Å²) < 4.78 is 0. The van der Waals surface area contributed by atoms with Gasteiger partial charge in [-0.25, -0.2) is 4.98 Å². The Balaban J connectivity index is 1.95. The third-order valence-corrected chi connectivity index (χ3v) is 4.34. The minimum absolute atomic E-state index is 0.667. The molecule has 1 heterocycles. The number of para-hydroxylation sites is 1. The molecule has 0 spiro atoms. The van der Waals surface area contributed by atoms with Crippen LogP contribution in [0.3, 0.4) is 0 Å². The predicted molar refractivity (Wildman–Crippen MR) is 85.0 cm³/mol. The number of aromatic nitrogens is 1. The van der Waals surface area contributed by atoms with E-state index in [-0.39, 0.29) is 0 Å². The van der Waals surface area contributed by atoms with Crippen molar-refractivity contribution in [2.45, 2.75) is 19.8 Å². The Morgan fingerprint density at radius 2 is 2.10 bits per heavy atom. The molecule has 0 bridgehead atoms. The molecule has 2 N–H and O–H groups in total. The van der Waals surface area contributed by atoms with Gasteiger partial charge in [-0.1, -0.05) is 25.1 Å². The van der Waals surface area contributed by atoms with Crippen LogP contribution in [0.4, 0.5) is 5.82 Å². The molecule has 0 radical (unpaired) electrons. The summed E-state index contributed by atoms with van der Waals surface area (Å²) >= 11 is 0. The van der Waals surface area contributed by atoms with E-state index in [1.165, 1.54) is 17.4 Å². The number of hydrogen-bond donors (Lipinski definition) is 1. The minimum Gasteiger partial charge on any atom is -0.359 e. The normalized spacial score (nSPS) is 21.1. The second kappa shape index (κ2) is 5.41. The van der Waals surface area contributed by atoms with Gasteiger partial charge in [0.15, 0.2) is 0 Å². The van der Waals surface area contributed by atoms with Gasteiger partial charge in [-0.3, -0.25) is 0 Å². The van der Waals surface area contributed by atoms with Crippen molar-refractivity contribution in [2.24, 2.45) is 17.6 Å². The van der Waals surface area contributed by atoms with Crippen LogP contribution in [-0.4, -0.2) is 25.1 Å². The van der Waals surface area contributed by atoms with E-state index in [0.717, 1.165) is 36.1 Å². The SMILES string of the molecule is CC1CC1CN(C)c1nc2ccccc2cc1CCN. The average molecular weight is 269 g/mol. The first kappa shape index (κ1) is 13.4. The highest BCUT2D eigenvalue weighted by atomic mass is 15.2. The van der Waals surface area contributed by atoms with E-state index in [1.54, 1.807) is 0 Å². The molecule has 1 aromatic carbocycles. The molecule has 1 fully saturated rings. The van der Waals surface area contributed by atoms with E-state index < -0.39 is 0 Å². The van der Waals surface area contributed by atoms with Crippen molar-refractivity contribution >= 4 is 16.7 Å². The summed E-state index contributed by atoms with van der Waals surface area (Å²) in [6.07, 6.45) is 2.24. The zero-order valence-corrected chi connectivity index (χ0v) is 12.3. The fourth-order valence-electron chi connectivity index (χ4n) is 2.91. The summed E-state index contributed by atoms with van der Waals surface area (Å²) in [6, 6.07) is 10.6. The van der Waals surface area contributed by atoms with Gasteiger partial charge in [0.05, 0.1) is 5.52 Å². The highest BCUT2D eigenvalue weighted by Gasteiger charge is 2.33. The number of fused-ring (bicyclic) bond motifs is 1. The molecule has 3 nitrogen and oxygen atoms in total. The quantitative estimate of drug-likeness (QED) is 0.907. The van der Waals surface area contributed by atoms with Gasteiger partial charge in [0.25, 0.3) is 0 Å². The molecule has 1 saturated carbocycles. The standard InChI is InChI=1S/C17H23N3/c1-12-9-15(12)11-20(2)17-14(7-8-18)10-13-5-3-4-6-16(13)19-17/h3-6,10,12,15H,7-9,11,18H2,1-2H3. The maximum Gasteiger partial charge on any atom is 0.132 e. The van der Waals surface area contributed by atoms with Gasteiger partial charge >= 0.3 is 0 Å². The summed E-state index contributed by atoms with van der Waals surface area (Å²) in [5.41, 5.74) is 8.10. The first-order valence-corrected chi connectivity index (χ1v) is 7.49. The van der Waals surface area contributed by atoms with Crippen LogP contribution < -0.4 is 10.6 Å². The number of rotatable bonds is 5. The Bertz CT molecular complexity index is 608. The molecule has 3 heteroatoms. The molecule has 1 aliphatic carbocycles. The first-order valence-electron chi connectivity index (χ1n) is 7.49. The van der Waals surface area contributed by atoms with E-state index in [2.05, 4.69) is 43.1 Å². The fourth-order valence-corrected chi connectivity index (χ4v) is 2.91. The van der Waals surface area contributed by atoms with Crippen molar-refractivity contribution in [1.29, 1.82) is 0 Å². The maximum absolute atomic E-state index is 5.76. The summed E-state index contributed by atoms with van der Waals surface area (Å²) in [7, 11) is 2.15. The van der Waals surface area contributed by atoms with E-state index in [9.17, 15) is 0 Å². The second-order valence-corrected chi connectivity index (χ2v) is 6.06. The third kappa shape index (κ3) is 2.63. The summed E-state index contributed by atoms with van der Waals surface area (Å²) in [6.45, 7) is 4.10. The molecule has 0 aliphatic heterocycles. The molecule has 2 aromatic rings. The smallest absolute Gasteiger partial charge is 0.132 e. The highest BCUT2D eigenvalue weighted by Crippen LogP contribution is 2.39. The zero-order chi connectivity index (χ0) is 14.1. The van der Waals surface area contributed by atoms with Gasteiger partial charge in [0.1, 0.15) is 5.82 Å². The van der Waals surface area contributed by atoms with Gasteiger partial charge in [-0.2, -0.15) is 0 Å². The van der Waals surface area contributed by atoms with Crippen molar-refractivity contribution in [3.63, 3.8) is 0 Å². The largest absolute Gasteiger partial charge is 0.359 e. The zero-order valence-electron chi connectivity index (χ0n) is 12.3. The van der Waals surface area contributed by atoms with Crippen LogP contribution in [0.25, 0.3) is 10.9 Å². The summed E-state index contributed by atoms with van der Waals surface area (Å²) in [5.74, 6) is 2.81. The Kier molecular flexibility index (Phi) is 3.62. The van der Waals surface area contributed by atoms with E-state index in [0.29, 0.717) is 6.54 Å². The molecule has 1 aliphatic rings. The van der Waals surface area contributed by atoms with Gasteiger partial charge in [0, 0.05) is 19.0 Å². The molecule has 0 amide bonds. The van der Waals surface area contributed by atoms with Crippen LogP contribution in [-0.2, 0) is 6.42 Å². The maximum atomic E-state index is 5.76. The van der Waals surface area contributed by atoms with Gasteiger partial charge in [-0.15, -0.1) is 0 Å². The van der Waals surface area contributed by atoms with E-state index in [1.807, 2.05) is 6.07 Å². The number of hydrogen-bond acceptors (Lipinski definition) is 3. The van der Waals surface area contributed by atoms with Crippen LogP contribution >= 0.6 is 0 Å². The predicted octanol–water partition coefficient (Wildman–Crippen LogP) is 2.83. The van der Waals surface area contributed by atoms with Crippen molar-refractivity contribution in [1.82, 2.24) is 4.98 Å². The lowest BCUT2D eigenvalue weighted by Crippen LogP contribution is -2.23. The van der Waals surface area contributed by atoms with Crippen molar-refractivity contribution < 1.29 is 0 Å². The third-order valence-electron chi connectivity index (χ3n) is 4.34. The van der Waals surface area contributed by atoms with E-state index in [4.69, 9.17) is 10.7 Å². The monoisotopic (exact) mass is 269 g/mol. The Labute approximate surface area is 120 Å². The number of nitrogens with zero attached hydrogens (tertiary/aromatic N) is 2. The fraction of sp³-hybridized carbons (Fsp3) is 0.471. The number of nitrogens with two attached hydrogens (primary N) is 1. The van der Waals surface area contributed by atoms with Crippen LogP contribution in [0, 0.1) is 11.8 Å². The molecule has 1 aromatic heterocycles. The van der Waals surface area contributed by atoms with Gasteiger partial charge in [-0.05, 0) is 48.9 Å². The van der Waals surface area contributed by atoms with Crippen LogP contribution in [0.1, 0.15) is 18.9 Å². The lowest BCUT2D eigenvalue weighted by Gasteiger charge is -2.22. The number of benzene rings is 1. The number of anilines is 1. The van der Waals surface area contributed by atoms with Crippen molar-refractivity contribution in [2.75, 3.05) is 25.0 Å². The molecule has 3 rings (SSSR count). The van der Waals surface area contributed by atoms with Crippen molar-refractivity contribution in [3.05, 3.63) is 35.9 Å². The lowest BCUT2D eigenvalue weighted by atomic mass is 10.1. The molecule has 106 valence electrons. The van der Waals surface area contributed by atoms with E-state index >= 15 is 0 Å². The summed E-state index contributed by atoms with van der Waals surface area (Å²) in [4.78, 5) is 7.18. The Morgan fingerprint density at radius 1 is 1.35 bits per heavy atom. The molecular weight excluding hydrogens is 246 g/mol.